The van der Waals surface area contributed by atoms with Crippen LogP contribution in [-0.4, -0.2) is 41.7 Å². The first-order valence-corrected chi connectivity index (χ1v) is 14.4. The molecule has 14 heteroatoms. The van der Waals surface area contributed by atoms with Gasteiger partial charge in [-0.15, -0.1) is 0 Å². The Hall–Kier alpha value is -5.66. The second kappa shape index (κ2) is 9.42. The molecule has 0 aliphatic carbocycles. The van der Waals surface area contributed by atoms with Gasteiger partial charge in [-0.05, 0) is 53.7 Å². The summed E-state index contributed by atoms with van der Waals surface area (Å²) in [6.07, 6.45) is -1.59. The Labute approximate surface area is 260 Å². The molecule has 46 heavy (non-hydrogen) atoms. The Kier molecular flexibility index (Phi) is 5.96. The standard InChI is InChI=1S/C32H30N6O8/c1-31(2,3)45-29(41)37-21-9-15-25(13-19(21)35(7)27(37)39)43-23-12-18-24(11-17(23)33-15)44-26-14-20-22(10-16(26)34-18)38(28(40)36(20)8)30(42)46-32(4,5)6/h9-14H,1-8H3. The number of rotatable bonds is 0. The average Bonchev–Trinajstić information content (AvgIpc) is 3.33. The highest BCUT2D eigenvalue weighted by Crippen LogP contribution is 2.40. The minimum Gasteiger partial charge on any atom is -0.453 e. The lowest BCUT2D eigenvalue weighted by Crippen LogP contribution is -2.33. The van der Waals surface area contributed by atoms with E-state index < -0.39 is 34.8 Å². The molecule has 0 atom stereocenters. The summed E-state index contributed by atoms with van der Waals surface area (Å²) in [4.78, 5) is 61.4. The van der Waals surface area contributed by atoms with Crippen LogP contribution in [0.4, 0.5) is 21.0 Å². The molecular formula is C32H30N6O8. The molecule has 236 valence electrons. The summed E-state index contributed by atoms with van der Waals surface area (Å²) < 4.78 is 28.0. The molecule has 0 spiro atoms. The van der Waals surface area contributed by atoms with Gasteiger partial charge in [-0.25, -0.2) is 29.2 Å². The lowest BCUT2D eigenvalue weighted by atomic mass is 10.2. The van der Waals surface area contributed by atoms with E-state index in [-0.39, 0.29) is 0 Å². The smallest absolute Gasteiger partial charge is 0.423 e. The number of ether oxygens (including phenoxy) is 4. The fraction of sp³-hybridized carbons (Fsp3) is 0.312. The van der Waals surface area contributed by atoms with Gasteiger partial charge in [0, 0.05) is 38.4 Å². The van der Waals surface area contributed by atoms with Crippen LogP contribution in [0.2, 0.25) is 0 Å². The Bertz CT molecular complexity index is 2280. The van der Waals surface area contributed by atoms with E-state index in [1.165, 1.54) is 9.13 Å². The molecule has 4 heterocycles. The van der Waals surface area contributed by atoms with Crippen molar-refractivity contribution in [3.63, 3.8) is 0 Å². The summed E-state index contributed by atoms with van der Waals surface area (Å²) in [6, 6.07) is 9.83. The van der Waals surface area contributed by atoms with E-state index in [0.29, 0.717) is 67.2 Å². The van der Waals surface area contributed by atoms with Gasteiger partial charge in [0.25, 0.3) is 0 Å². The molecule has 0 unspecified atom stereocenters. The SMILES string of the molecule is Cn1c(=O)n(C(=O)OC(C)(C)C)c2cc3c(cc21)Oc1cc2c(cc1=N3)Oc1cc3c(cc1N=2)n(C(=O)OC(C)(C)C)c(=O)n3C. The van der Waals surface area contributed by atoms with Gasteiger partial charge < -0.3 is 18.9 Å². The largest absolute Gasteiger partial charge is 0.453 e. The molecule has 2 aromatic heterocycles. The van der Waals surface area contributed by atoms with Crippen LogP contribution in [0.5, 0.6) is 23.0 Å². The fourth-order valence-corrected chi connectivity index (χ4v) is 5.38. The Balaban J connectivity index is 1.33. The molecule has 0 fully saturated rings. The Morgan fingerprint density at radius 3 is 1.30 bits per heavy atom. The molecular weight excluding hydrogens is 596 g/mol. The predicted octanol–water partition coefficient (Wildman–Crippen LogP) is 4.67. The van der Waals surface area contributed by atoms with E-state index >= 15 is 0 Å². The number of hydrogen-bond acceptors (Lipinski definition) is 10. The number of nitrogens with zero attached hydrogens (tertiary/aromatic N) is 6. The maximum atomic E-state index is 13.0. The minimum absolute atomic E-state index is 0.322. The van der Waals surface area contributed by atoms with Crippen molar-refractivity contribution in [3.8, 4) is 23.0 Å². The van der Waals surface area contributed by atoms with Crippen molar-refractivity contribution >= 4 is 45.6 Å². The summed E-state index contributed by atoms with van der Waals surface area (Å²) in [7, 11) is 3.11. The molecule has 14 nitrogen and oxygen atoms in total. The highest BCUT2D eigenvalue weighted by atomic mass is 16.6. The van der Waals surface area contributed by atoms with Crippen LogP contribution < -0.4 is 31.6 Å². The number of fused-ring (bicyclic) bond motifs is 6. The molecule has 0 bridgehead atoms. The van der Waals surface area contributed by atoms with Gasteiger partial charge in [0.15, 0.2) is 23.0 Å². The van der Waals surface area contributed by atoms with Crippen LogP contribution in [-0.2, 0) is 23.6 Å². The molecule has 0 saturated heterocycles. The van der Waals surface area contributed by atoms with E-state index in [1.807, 2.05) is 0 Å². The molecule has 0 N–H and O–H groups in total. The van der Waals surface area contributed by atoms with Crippen molar-refractivity contribution in [2.75, 3.05) is 0 Å². The molecule has 2 aliphatic rings. The summed E-state index contributed by atoms with van der Waals surface area (Å²) in [6.45, 7) is 10.3. The first kappa shape index (κ1) is 29.1. The van der Waals surface area contributed by atoms with E-state index in [2.05, 4.69) is 0 Å². The Morgan fingerprint density at radius 1 is 0.587 bits per heavy atom. The zero-order chi connectivity index (χ0) is 33.0. The zero-order valence-electron chi connectivity index (χ0n) is 26.4. The summed E-state index contributed by atoms with van der Waals surface area (Å²) in [5, 5.41) is 0.881. The number of aryl methyl sites for hydroxylation is 2. The maximum absolute atomic E-state index is 13.0. The van der Waals surface area contributed by atoms with Crippen molar-refractivity contribution < 1.29 is 28.5 Å². The number of carbonyl (C=O) groups is 2. The first-order chi connectivity index (χ1) is 21.5. The van der Waals surface area contributed by atoms with Crippen LogP contribution in [0.25, 0.3) is 22.1 Å². The number of carbonyl (C=O) groups excluding carboxylic acids is 2. The molecule has 5 aromatic rings. The van der Waals surface area contributed by atoms with Crippen molar-refractivity contribution in [3.05, 3.63) is 68.1 Å². The molecule has 3 aromatic carbocycles. The third kappa shape index (κ3) is 4.55. The van der Waals surface area contributed by atoms with Crippen molar-refractivity contribution in [2.45, 2.75) is 52.7 Å². The van der Waals surface area contributed by atoms with Gasteiger partial charge in [-0.3, -0.25) is 9.13 Å². The number of benzene rings is 3. The first-order valence-electron chi connectivity index (χ1n) is 14.4. The summed E-state index contributed by atoms with van der Waals surface area (Å²) in [5.74, 6) is 1.54. The predicted molar refractivity (Wildman–Crippen MR) is 166 cm³/mol. The van der Waals surface area contributed by atoms with Crippen molar-refractivity contribution in [1.29, 1.82) is 0 Å². The van der Waals surface area contributed by atoms with E-state index in [9.17, 15) is 19.2 Å². The summed E-state index contributed by atoms with van der Waals surface area (Å²) in [5.41, 5.74) is -0.373. The van der Waals surface area contributed by atoms with Crippen LogP contribution in [0.3, 0.4) is 0 Å². The zero-order valence-corrected chi connectivity index (χ0v) is 26.4. The third-order valence-electron chi connectivity index (χ3n) is 7.39. The van der Waals surface area contributed by atoms with Gasteiger partial charge in [0.2, 0.25) is 0 Å². The van der Waals surface area contributed by atoms with Crippen LogP contribution >= 0.6 is 0 Å². The molecule has 7 rings (SSSR count). The monoisotopic (exact) mass is 626 g/mol. The lowest BCUT2D eigenvalue weighted by molar-refractivity contribution is 0.0526. The van der Waals surface area contributed by atoms with E-state index in [1.54, 1.807) is 92.0 Å². The third-order valence-corrected chi connectivity index (χ3v) is 7.39. The number of imidazole rings is 2. The van der Waals surface area contributed by atoms with Gasteiger partial charge >= 0.3 is 23.6 Å². The number of aromatic nitrogens is 4. The summed E-state index contributed by atoms with van der Waals surface area (Å²) >= 11 is 0. The second-order valence-electron chi connectivity index (χ2n) is 13.1. The fourth-order valence-electron chi connectivity index (χ4n) is 5.38. The minimum atomic E-state index is -0.801. The van der Waals surface area contributed by atoms with Crippen molar-refractivity contribution in [1.82, 2.24) is 18.3 Å². The van der Waals surface area contributed by atoms with E-state index in [0.717, 1.165) is 9.13 Å². The van der Waals surface area contributed by atoms with E-state index in [4.69, 9.17) is 28.9 Å². The molecule has 0 saturated carbocycles. The average molecular weight is 627 g/mol. The molecule has 2 aliphatic heterocycles. The van der Waals surface area contributed by atoms with Gasteiger partial charge in [0.05, 0.1) is 22.1 Å². The lowest BCUT2D eigenvalue weighted by Gasteiger charge is -2.20. The quantitative estimate of drug-likeness (QED) is 0.236. The highest BCUT2D eigenvalue weighted by Gasteiger charge is 2.28. The normalized spacial score (nSPS) is 13.4. The van der Waals surface area contributed by atoms with Crippen molar-refractivity contribution in [2.24, 2.45) is 24.1 Å². The molecule has 0 radical (unpaired) electrons. The highest BCUT2D eigenvalue weighted by molar-refractivity contribution is 5.92. The van der Waals surface area contributed by atoms with Crippen LogP contribution in [0.15, 0.2) is 56.0 Å². The second-order valence-corrected chi connectivity index (χ2v) is 13.1. The Morgan fingerprint density at radius 2 is 0.957 bits per heavy atom. The molecule has 0 amide bonds. The maximum Gasteiger partial charge on any atom is 0.423 e. The van der Waals surface area contributed by atoms with Crippen LogP contribution in [0, 0.1) is 0 Å². The van der Waals surface area contributed by atoms with Gasteiger partial charge in [-0.2, -0.15) is 9.13 Å². The topological polar surface area (TPSA) is 150 Å². The number of hydrogen-bond donors (Lipinski definition) is 0. The van der Waals surface area contributed by atoms with Gasteiger partial charge in [-0.1, -0.05) is 0 Å². The van der Waals surface area contributed by atoms with Gasteiger partial charge in [0.1, 0.15) is 33.3 Å². The van der Waals surface area contributed by atoms with Crippen LogP contribution in [0.1, 0.15) is 41.5 Å².